The highest BCUT2D eigenvalue weighted by molar-refractivity contribution is 7.89. The van der Waals surface area contributed by atoms with E-state index in [9.17, 15) is 13.5 Å². The Bertz CT molecular complexity index is 727. The normalized spacial score (nSPS) is 14.9. The van der Waals surface area contributed by atoms with E-state index in [4.69, 9.17) is 27.6 Å². The molecular formula is C13H13Cl2NO4S. The molecule has 0 amide bonds. The van der Waals surface area contributed by atoms with Gasteiger partial charge in [-0.3, -0.25) is 0 Å². The number of rotatable bonds is 5. The zero-order valence-electron chi connectivity index (χ0n) is 11.0. The molecule has 2 aromatic rings. The molecule has 114 valence electrons. The van der Waals surface area contributed by atoms with E-state index in [1.54, 1.807) is 12.1 Å². The van der Waals surface area contributed by atoms with Gasteiger partial charge in [0, 0.05) is 11.6 Å². The van der Waals surface area contributed by atoms with Crippen molar-refractivity contribution in [3.05, 3.63) is 52.4 Å². The lowest BCUT2D eigenvalue weighted by molar-refractivity contribution is 0.0395. The Hall–Kier alpha value is -1.05. The Morgan fingerprint density at radius 1 is 1.33 bits per heavy atom. The Labute approximate surface area is 132 Å². The van der Waals surface area contributed by atoms with Gasteiger partial charge in [0.05, 0.1) is 11.3 Å². The second-order valence-corrected chi connectivity index (χ2v) is 7.23. The molecule has 2 N–H and O–H groups in total. The summed E-state index contributed by atoms with van der Waals surface area (Å²) >= 11 is 11.7. The van der Waals surface area contributed by atoms with E-state index >= 15 is 0 Å². The Kier molecular flexibility index (Phi) is 4.65. The maximum Gasteiger partial charge on any atom is 0.242 e. The lowest BCUT2D eigenvalue weighted by Crippen LogP contribution is -2.38. The zero-order valence-corrected chi connectivity index (χ0v) is 13.3. The number of halogens is 2. The summed E-state index contributed by atoms with van der Waals surface area (Å²) in [6.45, 7) is 1.17. The molecule has 21 heavy (non-hydrogen) atoms. The quantitative estimate of drug-likeness (QED) is 0.869. The molecule has 0 spiro atoms. The van der Waals surface area contributed by atoms with Crippen molar-refractivity contribution < 1.29 is 17.9 Å². The van der Waals surface area contributed by atoms with Gasteiger partial charge in [0.15, 0.2) is 0 Å². The number of benzene rings is 1. The van der Waals surface area contributed by atoms with Gasteiger partial charge in [-0.25, -0.2) is 13.1 Å². The van der Waals surface area contributed by atoms with Crippen LogP contribution in [0.4, 0.5) is 0 Å². The maximum atomic E-state index is 12.2. The SMILES string of the molecule is CC(O)(CNS(=O)(=O)c1cc(Cl)ccc1Cl)c1ccco1. The molecule has 0 aliphatic rings. The summed E-state index contributed by atoms with van der Waals surface area (Å²) in [5.74, 6) is 0.252. The minimum atomic E-state index is -3.91. The molecule has 5 nitrogen and oxygen atoms in total. The fourth-order valence-electron chi connectivity index (χ4n) is 1.67. The third-order valence-electron chi connectivity index (χ3n) is 2.84. The van der Waals surface area contributed by atoms with Crippen LogP contribution >= 0.6 is 23.2 Å². The van der Waals surface area contributed by atoms with Crippen molar-refractivity contribution in [3.8, 4) is 0 Å². The van der Waals surface area contributed by atoms with Crippen molar-refractivity contribution in [1.29, 1.82) is 0 Å². The van der Waals surface area contributed by atoms with E-state index in [-0.39, 0.29) is 27.2 Å². The molecule has 1 atom stereocenters. The Balaban J connectivity index is 2.21. The molecule has 1 unspecified atom stereocenters. The topological polar surface area (TPSA) is 79.5 Å². The highest BCUT2D eigenvalue weighted by Crippen LogP contribution is 2.26. The van der Waals surface area contributed by atoms with Gasteiger partial charge < -0.3 is 9.52 Å². The van der Waals surface area contributed by atoms with Crippen molar-refractivity contribution >= 4 is 33.2 Å². The van der Waals surface area contributed by atoms with Crippen LogP contribution in [-0.4, -0.2) is 20.1 Å². The molecule has 1 aromatic carbocycles. The average Bonchev–Trinajstić information content (AvgIpc) is 2.94. The number of furan rings is 1. The third-order valence-corrected chi connectivity index (χ3v) is 4.96. The smallest absolute Gasteiger partial charge is 0.242 e. The van der Waals surface area contributed by atoms with Gasteiger partial charge in [0.25, 0.3) is 0 Å². The third kappa shape index (κ3) is 3.78. The molecule has 2 rings (SSSR count). The van der Waals surface area contributed by atoms with Crippen molar-refractivity contribution in [2.24, 2.45) is 0 Å². The molecule has 1 heterocycles. The summed E-state index contributed by atoms with van der Waals surface area (Å²) in [5, 5.41) is 10.5. The van der Waals surface area contributed by atoms with Crippen LogP contribution in [0.2, 0.25) is 10.0 Å². The van der Waals surface area contributed by atoms with Crippen LogP contribution in [0.1, 0.15) is 12.7 Å². The molecular weight excluding hydrogens is 337 g/mol. The molecule has 1 aromatic heterocycles. The predicted octanol–water partition coefficient (Wildman–Crippen LogP) is 2.77. The van der Waals surface area contributed by atoms with Gasteiger partial charge in [0.2, 0.25) is 10.0 Å². The second-order valence-electron chi connectivity index (χ2n) is 4.65. The van der Waals surface area contributed by atoms with Crippen LogP contribution in [0.5, 0.6) is 0 Å². The number of sulfonamides is 1. The highest BCUT2D eigenvalue weighted by atomic mass is 35.5. The first kappa shape index (κ1) is 16.3. The first-order valence-corrected chi connectivity index (χ1v) is 8.17. The largest absolute Gasteiger partial charge is 0.466 e. The van der Waals surface area contributed by atoms with Gasteiger partial charge in [-0.05, 0) is 37.3 Å². The van der Waals surface area contributed by atoms with Crippen LogP contribution in [-0.2, 0) is 15.6 Å². The van der Waals surface area contributed by atoms with Crippen LogP contribution in [0, 0.1) is 0 Å². The molecule has 0 aliphatic carbocycles. The van der Waals surface area contributed by atoms with E-state index in [0.717, 1.165) is 0 Å². The summed E-state index contributed by atoms with van der Waals surface area (Å²) in [6, 6.07) is 7.28. The summed E-state index contributed by atoms with van der Waals surface area (Å²) in [6.07, 6.45) is 1.39. The highest BCUT2D eigenvalue weighted by Gasteiger charge is 2.29. The molecule has 0 radical (unpaired) electrons. The van der Waals surface area contributed by atoms with E-state index in [1.807, 2.05) is 0 Å². The van der Waals surface area contributed by atoms with Gasteiger partial charge in [0.1, 0.15) is 16.3 Å². The van der Waals surface area contributed by atoms with Gasteiger partial charge in [-0.1, -0.05) is 23.2 Å². The lowest BCUT2D eigenvalue weighted by atomic mass is 10.1. The molecule has 0 fully saturated rings. The second kappa shape index (κ2) is 5.98. The Morgan fingerprint density at radius 3 is 2.67 bits per heavy atom. The number of nitrogens with one attached hydrogen (secondary N) is 1. The fourth-order valence-corrected chi connectivity index (χ4v) is 3.56. The van der Waals surface area contributed by atoms with Gasteiger partial charge >= 0.3 is 0 Å². The van der Waals surface area contributed by atoms with E-state index in [2.05, 4.69) is 4.72 Å². The van der Waals surface area contributed by atoms with E-state index in [0.29, 0.717) is 0 Å². The first-order valence-electron chi connectivity index (χ1n) is 5.93. The molecule has 0 aliphatic heterocycles. The predicted molar refractivity (Wildman–Crippen MR) is 79.9 cm³/mol. The minimum Gasteiger partial charge on any atom is -0.466 e. The van der Waals surface area contributed by atoms with Crippen LogP contribution in [0.25, 0.3) is 0 Å². The maximum absolute atomic E-state index is 12.2. The van der Waals surface area contributed by atoms with Gasteiger partial charge in [-0.15, -0.1) is 0 Å². The molecule has 0 bridgehead atoms. The van der Waals surface area contributed by atoms with Crippen molar-refractivity contribution in [3.63, 3.8) is 0 Å². The minimum absolute atomic E-state index is 0.0459. The van der Waals surface area contributed by atoms with E-state index < -0.39 is 15.6 Å². The fraction of sp³-hybridized carbons (Fsp3) is 0.231. The molecule has 0 saturated carbocycles. The van der Waals surface area contributed by atoms with Crippen molar-refractivity contribution in [2.75, 3.05) is 6.54 Å². The number of hydrogen-bond donors (Lipinski definition) is 2. The lowest BCUT2D eigenvalue weighted by Gasteiger charge is -2.21. The Morgan fingerprint density at radius 2 is 2.05 bits per heavy atom. The van der Waals surface area contributed by atoms with Crippen LogP contribution in [0.15, 0.2) is 45.9 Å². The zero-order chi connectivity index (χ0) is 15.7. The standard InChI is InChI=1S/C13H13Cl2NO4S/c1-13(17,12-3-2-6-20-12)8-16-21(18,19)11-7-9(14)4-5-10(11)15/h2-7,16-17H,8H2,1H3. The average molecular weight is 350 g/mol. The molecule has 8 heteroatoms. The number of hydrogen-bond acceptors (Lipinski definition) is 4. The van der Waals surface area contributed by atoms with Crippen molar-refractivity contribution in [1.82, 2.24) is 4.72 Å². The molecule has 0 saturated heterocycles. The monoisotopic (exact) mass is 349 g/mol. The van der Waals surface area contributed by atoms with Crippen LogP contribution in [0.3, 0.4) is 0 Å². The summed E-state index contributed by atoms with van der Waals surface area (Å²) in [4.78, 5) is -0.146. The van der Waals surface area contributed by atoms with E-state index in [1.165, 1.54) is 31.4 Å². The first-order chi connectivity index (χ1) is 9.72. The van der Waals surface area contributed by atoms with Gasteiger partial charge in [-0.2, -0.15) is 0 Å². The van der Waals surface area contributed by atoms with Crippen molar-refractivity contribution in [2.45, 2.75) is 17.4 Å². The summed E-state index contributed by atoms with van der Waals surface area (Å²) < 4.78 is 31.8. The summed E-state index contributed by atoms with van der Waals surface area (Å²) in [7, 11) is -3.91. The number of aliphatic hydroxyl groups is 1. The summed E-state index contributed by atoms with van der Waals surface area (Å²) in [5.41, 5.74) is -1.48. The van der Waals surface area contributed by atoms with Crippen LogP contribution < -0.4 is 4.72 Å².